The maximum Gasteiger partial charge on any atom is 0.127 e. The first-order valence-electron chi connectivity index (χ1n) is 4.83. The predicted octanol–water partition coefficient (Wildman–Crippen LogP) is 1.97. The second-order valence-electron chi connectivity index (χ2n) is 3.50. The lowest BCUT2D eigenvalue weighted by Gasteiger charge is -2.26. The molecule has 1 atom stereocenters. The molecule has 76 valence electrons. The van der Waals surface area contributed by atoms with Gasteiger partial charge in [-0.05, 0) is 12.5 Å². The Morgan fingerprint density at radius 1 is 1.50 bits per heavy atom. The lowest BCUT2D eigenvalue weighted by atomic mass is 9.99. The molecule has 1 aliphatic rings. The number of hydrogen-bond donors (Lipinski definition) is 1. The number of aryl methyl sites for hydroxylation is 1. The summed E-state index contributed by atoms with van der Waals surface area (Å²) < 4.78 is 5.64. The fourth-order valence-corrected chi connectivity index (χ4v) is 1.85. The molecule has 0 saturated heterocycles. The van der Waals surface area contributed by atoms with Crippen LogP contribution in [0.4, 0.5) is 0 Å². The van der Waals surface area contributed by atoms with E-state index in [2.05, 4.69) is 24.5 Å². The van der Waals surface area contributed by atoms with Gasteiger partial charge < -0.3 is 9.57 Å². The van der Waals surface area contributed by atoms with Crippen molar-refractivity contribution < 1.29 is 9.57 Å². The molecule has 3 nitrogen and oxygen atoms in total. The van der Waals surface area contributed by atoms with Crippen molar-refractivity contribution >= 4 is 0 Å². The minimum absolute atomic E-state index is 0.253. The van der Waals surface area contributed by atoms with Crippen LogP contribution in [0.15, 0.2) is 18.2 Å². The average Bonchev–Trinajstić information content (AvgIpc) is 2.20. The molecule has 3 heteroatoms. The highest BCUT2D eigenvalue weighted by Gasteiger charge is 2.21. The third-order valence-corrected chi connectivity index (χ3v) is 2.53. The lowest BCUT2D eigenvalue weighted by molar-refractivity contribution is 0.0462. The van der Waals surface area contributed by atoms with Crippen LogP contribution in [0.25, 0.3) is 0 Å². The van der Waals surface area contributed by atoms with Gasteiger partial charge in [-0.25, -0.2) is 0 Å². The Kier molecular flexibility index (Phi) is 2.70. The number of nitrogens with one attached hydrogen (secondary N) is 1. The van der Waals surface area contributed by atoms with Crippen LogP contribution in [0.3, 0.4) is 0 Å². The van der Waals surface area contributed by atoms with Crippen LogP contribution in [-0.4, -0.2) is 13.7 Å². The third kappa shape index (κ3) is 1.61. The van der Waals surface area contributed by atoms with Gasteiger partial charge in [0.15, 0.2) is 0 Å². The molecule has 0 spiro atoms. The summed E-state index contributed by atoms with van der Waals surface area (Å²) in [5.41, 5.74) is 5.37. The second kappa shape index (κ2) is 3.98. The first-order valence-corrected chi connectivity index (χ1v) is 4.83. The van der Waals surface area contributed by atoms with E-state index in [0.29, 0.717) is 0 Å². The van der Waals surface area contributed by atoms with E-state index in [0.717, 1.165) is 18.8 Å². The van der Waals surface area contributed by atoms with Crippen molar-refractivity contribution in [1.82, 2.24) is 5.48 Å². The highest BCUT2D eigenvalue weighted by molar-refractivity contribution is 5.43. The molecule has 14 heavy (non-hydrogen) atoms. The Morgan fingerprint density at radius 2 is 2.36 bits per heavy atom. The summed E-state index contributed by atoms with van der Waals surface area (Å²) in [6.45, 7) is 2.81. The SMILES string of the molecule is CONC1CCOc2c(C)cccc21. The molecule has 1 heterocycles. The fourth-order valence-electron chi connectivity index (χ4n) is 1.85. The summed E-state index contributed by atoms with van der Waals surface area (Å²) in [5, 5.41) is 0. The monoisotopic (exact) mass is 193 g/mol. The number of rotatable bonds is 2. The summed E-state index contributed by atoms with van der Waals surface area (Å²) in [4.78, 5) is 4.97. The number of para-hydroxylation sites is 1. The van der Waals surface area contributed by atoms with Crippen molar-refractivity contribution in [1.29, 1.82) is 0 Å². The molecule has 1 aromatic rings. The standard InChI is InChI=1S/C11H15NO2/c1-8-4-3-5-9-10(12-13-2)6-7-14-11(8)9/h3-5,10,12H,6-7H2,1-2H3. The highest BCUT2D eigenvalue weighted by Crippen LogP contribution is 2.34. The molecule has 0 bridgehead atoms. The van der Waals surface area contributed by atoms with Gasteiger partial charge in [0.2, 0.25) is 0 Å². The van der Waals surface area contributed by atoms with Gasteiger partial charge in [0.05, 0.1) is 19.8 Å². The Morgan fingerprint density at radius 3 is 3.14 bits per heavy atom. The molecule has 2 rings (SSSR count). The van der Waals surface area contributed by atoms with Gasteiger partial charge >= 0.3 is 0 Å². The van der Waals surface area contributed by atoms with Gasteiger partial charge in [-0.3, -0.25) is 0 Å². The fraction of sp³-hybridized carbons (Fsp3) is 0.455. The molecule has 1 aromatic carbocycles. The highest BCUT2D eigenvalue weighted by atomic mass is 16.6. The first kappa shape index (κ1) is 9.49. The average molecular weight is 193 g/mol. The molecule has 0 fully saturated rings. The smallest absolute Gasteiger partial charge is 0.127 e. The van der Waals surface area contributed by atoms with Gasteiger partial charge in [-0.15, -0.1) is 0 Å². The van der Waals surface area contributed by atoms with Crippen LogP contribution in [0.5, 0.6) is 5.75 Å². The van der Waals surface area contributed by atoms with Gasteiger partial charge in [-0.1, -0.05) is 18.2 Å². The van der Waals surface area contributed by atoms with Gasteiger partial charge in [0, 0.05) is 12.0 Å². The van der Waals surface area contributed by atoms with E-state index in [4.69, 9.17) is 9.57 Å². The molecular formula is C11H15NO2. The molecule has 0 aromatic heterocycles. The topological polar surface area (TPSA) is 30.5 Å². The molecule has 0 aliphatic carbocycles. The van der Waals surface area contributed by atoms with Crippen molar-refractivity contribution in [3.8, 4) is 5.75 Å². The molecule has 1 N–H and O–H groups in total. The first-order chi connectivity index (χ1) is 6.83. The van der Waals surface area contributed by atoms with Crippen LogP contribution >= 0.6 is 0 Å². The van der Waals surface area contributed by atoms with Crippen molar-refractivity contribution in [3.63, 3.8) is 0 Å². The summed E-state index contributed by atoms with van der Waals surface area (Å²) in [5.74, 6) is 1.01. The van der Waals surface area contributed by atoms with Crippen LogP contribution in [0.2, 0.25) is 0 Å². The van der Waals surface area contributed by atoms with E-state index in [1.807, 2.05) is 6.07 Å². The minimum Gasteiger partial charge on any atom is -0.493 e. The Bertz CT molecular complexity index is 325. The van der Waals surface area contributed by atoms with E-state index in [1.54, 1.807) is 7.11 Å². The zero-order valence-electron chi connectivity index (χ0n) is 8.54. The van der Waals surface area contributed by atoms with E-state index < -0.39 is 0 Å². The maximum absolute atomic E-state index is 5.64. The Balaban J connectivity index is 2.34. The summed E-state index contributed by atoms with van der Waals surface area (Å²) >= 11 is 0. The summed E-state index contributed by atoms with van der Waals surface area (Å²) in [6, 6.07) is 6.45. The Hall–Kier alpha value is -1.06. The van der Waals surface area contributed by atoms with Gasteiger partial charge in [0.1, 0.15) is 5.75 Å². The molecule has 1 unspecified atom stereocenters. The van der Waals surface area contributed by atoms with Crippen molar-refractivity contribution in [2.75, 3.05) is 13.7 Å². The number of hydrogen-bond acceptors (Lipinski definition) is 3. The van der Waals surface area contributed by atoms with Crippen LogP contribution < -0.4 is 10.2 Å². The number of ether oxygens (including phenoxy) is 1. The van der Waals surface area contributed by atoms with E-state index in [9.17, 15) is 0 Å². The molecule has 1 aliphatic heterocycles. The molecule has 0 amide bonds. The van der Waals surface area contributed by atoms with Crippen LogP contribution in [-0.2, 0) is 4.84 Å². The summed E-state index contributed by atoms with van der Waals surface area (Å²) in [7, 11) is 1.64. The number of hydroxylamine groups is 1. The molecular weight excluding hydrogens is 178 g/mol. The van der Waals surface area contributed by atoms with Crippen molar-refractivity contribution in [2.24, 2.45) is 0 Å². The minimum atomic E-state index is 0.253. The largest absolute Gasteiger partial charge is 0.493 e. The zero-order chi connectivity index (χ0) is 9.97. The van der Waals surface area contributed by atoms with Crippen LogP contribution in [0.1, 0.15) is 23.6 Å². The second-order valence-corrected chi connectivity index (χ2v) is 3.50. The number of fused-ring (bicyclic) bond motifs is 1. The van der Waals surface area contributed by atoms with Crippen molar-refractivity contribution in [2.45, 2.75) is 19.4 Å². The van der Waals surface area contributed by atoms with E-state index in [1.165, 1.54) is 11.1 Å². The quantitative estimate of drug-likeness (QED) is 0.728. The van der Waals surface area contributed by atoms with Crippen molar-refractivity contribution in [3.05, 3.63) is 29.3 Å². The predicted molar refractivity (Wildman–Crippen MR) is 54.2 cm³/mol. The Labute approximate surface area is 84.0 Å². The zero-order valence-corrected chi connectivity index (χ0v) is 8.54. The van der Waals surface area contributed by atoms with Gasteiger partial charge in [-0.2, -0.15) is 5.48 Å². The van der Waals surface area contributed by atoms with Gasteiger partial charge in [0.25, 0.3) is 0 Å². The van der Waals surface area contributed by atoms with E-state index >= 15 is 0 Å². The third-order valence-electron chi connectivity index (χ3n) is 2.53. The normalized spacial score (nSPS) is 20.0. The van der Waals surface area contributed by atoms with E-state index in [-0.39, 0.29) is 6.04 Å². The molecule has 0 radical (unpaired) electrons. The van der Waals surface area contributed by atoms with Crippen LogP contribution in [0, 0.1) is 6.92 Å². The maximum atomic E-state index is 5.64. The lowest BCUT2D eigenvalue weighted by Crippen LogP contribution is -2.26. The summed E-state index contributed by atoms with van der Waals surface area (Å²) in [6.07, 6.45) is 0.949. The number of benzene rings is 1. The molecule has 0 saturated carbocycles.